The Bertz CT molecular complexity index is 723. The minimum Gasteiger partial charge on any atom is -0.325 e. The zero-order valence-electron chi connectivity index (χ0n) is 14.8. The summed E-state index contributed by atoms with van der Waals surface area (Å²) in [7, 11) is 0. The average molecular weight is 370 g/mol. The van der Waals surface area contributed by atoms with Gasteiger partial charge in [0.1, 0.15) is 0 Å². The minimum absolute atomic E-state index is 0.0484. The molecule has 3 rings (SSSR count). The summed E-state index contributed by atoms with van der Waals surface area (Å²) in [6.07, 6.45) is 4.30. The summed E-state index contributed by atoms with van der Waals surface area (Å²) < 4.78 is 0. The second-order valence-electron chi connectivity index (χ2n) is 6.44. The number of hydrogen-bond acceptors (Lipinski definition) is 3. The smallest absolute Gasteiger partial charge is 0.238 e. The fourth-order valence-corrected chi connectivity index (χ4v) is 3.09. The van der Waals surface area contributed by atoms with Crippen molar-refractivity contribution < 1.29 is 4.79 Å². The maximum Gasteiger partial charge on any atom is 0.238 e. The highest BCUT2D eigenvalue weighted by Crippen LogP contribution is 2.11. The van der Waals surface area contributed by atoms with Crippen LogP contribution >= 0.6 is 11.6 Å². The molecule has 0 spiro atoms. The monoisotopic (exact) mass is 369 g/mol. The molecule has 0 saturated carbocycles. The predicted octanol–water partition coefficient (Wildman–Crippen LogP) is 3.61. The van der Waals surface area contributed by atoms with Gasteiger partial charge < -0.3 is 5.32 Å². The lowest BCUT2D eigenvalue weighted by molar-refractivity contribution is -0.117. The number of anilines is 1. The van der Waals surface area contributed by atoms with Gasteiger partial charge in [-0.15, -0.1) is 0 Å². The summed E-state index contributed by atoms with van der Waals surface area (Å²) in [5.74, 6) is 0.0484. The molecule has 0 radical (unpaired) electrons. The van der Waals surface area contributed by atoms with Crippen LogP contribution in [0.25, 0.3) is 6.08 Å². The number of piperazine rings is 1. The van der Waals surface area contributed by atoms with Crippen LogP contribution in [0.15, 0.2) is 60.7 Å². The molecule has 26 heavy (non-hydrogen) atoms. The van der Waals surface area contributed by atoms with Crippen molar-refractivity contribution in [3.8, 4) is 0 Å². The normalized spacial score (nSPS) is 16.0. The first-order valence-corrected chi connectivity index (χ1v) is 9.28. The molecule has 136 valence electrons. The van der Waals surface area contributed by atoms with Gasteiger partial charge in [-0.3, -0.25) is 14.6 Å². The molecule has 1 fully saturated rings. The van der Waals surface area contributed by atoms with Crippen molar-refractivity contribution in [3.63, 3.8) is 0 Å². The van der Waals surface area contributed by atoms with Crippen molar-refractivity contribution in [1.29, 1.82) is 0 Å². The van der Waals surface area contributed by atoms with E-state index >= 15 is 0 Å². The Morgan fingerprint density at radius 3 is 2.31 bits per heavy atom. The fourth-order valence-electron chi connectivity index (χ4n) is 2.97. The van der Waals surface area contributed by atoms with Crippen LogP contribution in [-0.4, -0.2) is 55.0 Å². The number of nitrogens with zero attached hydrogens (tertiary/aromatic N) is 2. The minimum atomic E-state index is 0.0484. The Kier molecular flexibility index (Phi) is 6.83. The molecule has 1 saturated heterocycles. The van der Waals surface area contributed by atoms with Gasteiger partial charge in [0.15, 0.2) is 0 Å². The van der Waals surface area contributed by atoms with E-state index in [9.17, 15) is 4.79 Å². The standard InChI is InChI=1S/C21H24ClN3O/c22-19-10-8-18(9-11-19)5-4-12-24-13-15-25(16-14-24)17-21(26)23-20-6-2-1-3-7-20/h1-11H,12-17H2,(H,23,26)/b5-4+. The second-order valence-corrected chi connectivity index (χ2v) is 6.88. The van der Waals surface area contributed by atoms with E-state index in [1.54, 1.807) is 0 Å². The van der Waals surface area contributed by atoms with Crippen molar-refractivity contribution in [2.75, 3.05) is 44.6 Å². The first-order chi connectivity index (χ1) is 12.7. The molecule has 0 atom stereocenters. The molecule has 1 N–H and O–H groups in total. The van der Waals surface area contributed by atoms with Crippen LogP contribution in [0.2, 0.25) is 5.02 Å². The quantitative estimate of drug-likeness (QED) is 0.844. The van der Waals surface area contributed by atoms with Crippen LogP contribution in [0.1, 0.15) is 5.56 Å². The van der Waals surface area contributed by atoms with E-state index in [0.717, 1.165) is 49.0 Å². The second kappa shape index (κ2) is 9.53. The SMILES string of the molecule is O=C(CN1CCN(C/C=C/c2ccc(Cl)cc2)CC1)Nc1ccccc1. The Morgan fingerprint density at radius 2 is 1.62 bits per heavy atom. The molecule has 4 nitrogen and oxygen atoms in total. The third-order valence-corrected chi connectivity index (χ3v) is 4.69. The fraction of sp³-hybridized carbons (Fsp3) is 0.286. The molecule has 1 aliphatic heterocycles. The van der Waals surface area contributed by atoms with E-state index in [-0.39, 0.29) is 5.91 Å². The van der Waals surface area contributed by atoms with Gasteiger partial charge in [-0.2, -0.15) is 0 Å². The molecular weight excluding hydrogens is 346 g/mol. The third kappa shape index (κ3) is 5.99. The first kappa shape index (κ1) is 18.6. The van der Waals surface area contributed by atoms with Crippen molar-refractivity contribution in [1.82, 2.24) is 9.80 Å². The van der Waals surface area contributed by atoms with Crippen LogP contribution in [0.5, 0.6) is 0 Å². The summed E-state index contributed by atoms with van der Waals surface area (Å²) >= 11 is 5.90. The molecule has 5 heteroatoms. The van der Waals surface area contributed by atoms with Gasteiger partial charge in [0, 0.05) is 43.4 Å². The summed E-state index contributed by atoms with van der Waals surface area (Å²) in [4.78, 5) is 16.7. The number of rotatable bonds is 6. The van der Waals surface area contributed by atoms with Crippen LogP contribution in [0.4, 0.5) is 5.69 Å². The van der Waals surface area contributed by atoms with E-state index < -0.39 is 0 Å². The Morgan fingerprint density at radius 1 is 0.962 bits per heavy atom. The van der Waals surface area contributed by atoms with Gasteiger partial charge in [-0.05, 0) is 29.8 Å². The number of benzene rings is 2. The molecule has 0 unspecified atom stereocenters. The van der Waals surface area contributed by atoms with E-state index in [0.29, 0.717) is 6.54 Å². The molecular formula is C21H24ClN3O. The molecule has 0 aliphatic carbocycles. The molecule has 0 aromatic heterocycles. The van der Waals surface area contributed by atoms with E-state index in [4.69, 9.17) is 11.6 Å². The summed E-state index contributed by atoms with van der Waals surface area (Å²) in [6, 6.07) is 17.4. The predicted molar refractivity (Wildman–Crippen MR) is 108 cm³/mol. The highest BCUT2D eigenvalue weighted by Gasteiger charge is 2.18. The topological polar surface area (TPSA) is 35.6 Å². The molecule has 1 heterocycles. The number of carbonyl (C=O) groups is 1. The third-order valence-electron chi connectivity index (χ3n) is 4.43. The van der Waals surface area contributed by atoms with E-state index in [1.807, 2.05) is 54.6 Å². The van der Waals surface area contributed by atoms with Crippen LogP contribution in [-0.2, 0) is 4.79 Å². The molecule has 2 aromatic carbocycles. The maximum absolute atomic E-state index is 12.1. The van der Waals surface area contributed by atoms with Crippen LogP contribution in [0, 0.1) is 0 Å². The first-order valence-electron chi connectivity index (χ1n) is 8.91. The number of carbonyl (C=O) groups excluding carboxylic acids is 1. The highest BCUT2D eigenvalue weighted by atomic mass is 35.5. The summed E-state index contributed by atoms with van der Waals surface area (Å²) in [6.45, 7) is 5.15. The summed E-state index contributed by atoms with van der Waals surface area (Å²) in [5.41, 5.74) is 2.01. The molecule has 0 bridgehead atoms. The number of amides is 1. The number of nitrogens with one attached hydrogen (secondary N) is 1. The maximum atomic E-state index is 12.1. The largest absolute Gasteiger partial charge is 0.325 e. The summed E-state index contributed by atoms with van der Waals surface area (Å²) in [5, 5.41) is 3.70. The van der Waals surface area contributed by atoms with Crippen LogP contribution < -0.4 is 5.32 Å². The van der Waals surface area contributed by atoms with Crippen molar-refractivity contribution in [2.45, 2.75) is 0 Å². The van der Waals surface area contributed by atoms with E-state index in [2.05, 4.69) is 27.3 Å². The number of hydrogen-bond donors (Lipinski definition) is 1. The molecule has 1 amide bonds. The van der Waals surface area contributed by atoms with Gasteiger partial charge in [0.25, 0.3) is 0 Å². The van der Waals surface area contributed by atoms with Crippen LogP contribution in [0.3, 0.4) is 0 Å². The van der Waals surface area contributed by atoms with Crippen molar-refractivity contribution in [2.24, 2.45) is 0 Å². The van der Waals surface area contributed by atoms with Gasteiger partial charge in [-0.1, -0.05) is 54.1 Å². The van der Waals surface area contributed by atoms with E-state index in [1.165, 1.54) is 0 Å². The van der Waals surface area contributed by atoms with Gasteiger partial charge in [0.2, 0.25) is 5.91 Å². The average Bonchev–Trinajstić information content (AvgIpc) is 2.65. The highest BCUT2D eigenvalue weighted by molar-refractivity contribution is 6.30. The molecule has 1 aliphatic rings. The number of halogens is 1. The zero-order chi connectivity index (χ0) is 18.2. The van der Waals surface area contributed by atoms with Crippen molar-refractivity contribution in [3.05, 3.63) is 71.3 Å². The van der Waals surface area contributed by atoms with Gasteiger partial charge in [0.05, 0.1) is 6.54 Å². The Balaban J connectivity index is 1.37. The van der Waals surface area contributed by atoms with Crippen molar-refractivity contribution >= 4 is 29.3 Å². The lowest BCUT2D eigenvalue weighted by Gasteiger charge is -2.33. The van der Waals surface area contributed by atoms with Gasteiger partial charge >= 0.3 is 0 Å². The lowest BCUT2D eigenvalue weighted by atomic mass is 10.2. The number of para-hydroxylation sites is 1. The lowest BCUT2D eigenvalue weighted by Crippen LogP contribution is -2.48. The Hall–Kier alpha value is -2.14. The Labute approximate surface area is 160 Å². The zero-order valence-corrected chi connectivity index (χ0v) is 15.5. The van der Waals surface area contributed by atoms with Gasteiger partial charge in [-0.25, -0.2) is 0 Å². The molecule has 2 aromatic rings.